The van der Waals surface area contributed by atoms with Gasteiger partial charge in [0.15, 0.2) is 0 Å². The van der Waals surface area contributed by atoms with Crippen molar-refractivity contribution in [3.05, 3.63) is 30.1 Å². The summed E-state index contributed by atoms with van der Waals surface area (Å²) < 4.78 is 6.00. The zero-order valence-electron chi connectivity index (χ0n) is 11.0. The molecule has 3 heteroatoms. The molecule has 1 fully saturated rings. The number of hydrogen-bond acceptors (Lipinski definition) is 3. The van der Waals surface area contributed by atoms with Crippen molar-refractivity contribution < 1.29 is 9.84 Å². The summed E-state index contributed by atoms with van der Waals surface area (Å²) in [6.45, 7) is 8.22. The second-order valence-corrected chi connectivity index (χ2v) is 5.98. The van der Waals surface area contributed by atoms with Crippen molar-refractivity contribution in [2.75, 3.05) is 0 Å². The van der Waals surface area contributed by atoms with Crippen LogP contribution in [0.1, 0.15) is 45.9 Å². The summed E-state index contributed by atoms with van der Waals surface area (Å²) in [5.74, 6) is 0.0763. The summed E-state index contributed by atoms with van der Waals surface area (Å²) in [5, 5.41) is 10.4. The van der Waals surface area contributed by atoms with Gasteiger partial charge in [0.1, 0.15) is 6.10 Å². The van der Waals surface area contributed by atoms with Gasteiger partial charge < -0.3 is 9.84 Å². The molecule has 1 N–H and O–H groups in total. The summed E-state index contributed by atoms with van der Waals surface area (Å²) in [6.07, 6.45) is 2.00. The van der Waals surface area contributed by atoms with E-state index in [9.17, 15) is 5.11 Å². The Morgan fingerprint density at radius 1 is 1.35 bits per heavy atom. The highest BCUT2D eigenvalue weighted by Gasteiger charge is 2.49. The molecule has 1 aliphatic heterocycles. The molecular formula is C14H21NO2. The SMILES string of the molecule is CC1(C)CC(C(O)c2ccccn2)C(C)(C)O1. The van der Waals surface area contributed by atoms with E-state index < -0.39 is 6.10 Å². The predicted octanol–water partition coefficient (Wildman–Crippen LogP) is 2.71. The third kappa shape index (κ3) is 2.50. The molecule has 2 unspecified atom stereocenters. The van der Waals surface area contributed by atoms with Gasteiger partial charge in [-0.3, -0.25) is 4.98 Å². The zero-order valence-corrected chi connectivity index (χ0v) is 11.0. The topological polar surface area (TPSA) is 42.4 Å². The molecule has 0 saturated carbocycles. The van der Waals surface area contributed by atoms with Crippen LogP contribution in [0.4, 0.5) is 0 Å². The minimum Gasteiger partial charge on any atom is -0.386 e. The maximum atomic E-state index is 10.4. The number of pyridine rings is 1. The standard InChI is InChI=1S/C14H21NO2/c1-13(2)9-10(14(3,4)17-13)12(16)11-7-5-6-8-15-11/h5-8,10,12,16H,9H2,1-4H3. The van der Waals surface area contributed by atoms with Crippen molar-refractivity contribution in [3.8, 4) is 0 Å². The lowest BCUT2D eigenvalue weighted by Crippen LogP contribution is -2.32. The Kier molecular flexibility index (Phi) is 3.00. The van der Waals surface area contributed by atoms with E-state index in [0.29, 0.717) is 0 Å². The molecule has 2 atom stereocenters. The molecule has 0 aliphatic carbocycles. The minimum atomic E-state index is -0.562. The number of aliphatic hydroxyl groups excluding tert-OH is 1. The number of hydrogen-bond donors (Lipinski definition) is 1. The molecule has 1 aromatic heterocycles. The van der Waals surface area contributed by atoms with Gasteiger partial charge in [-0.25, -0.2) is 0 Å². The third-order valence-electron chi connectivity index (χ3n) is 3.52. The fraction of sp³-hybridized carbons (Fsp3) is 0.643. The zero-order chi connectivity index (χ0) is 12.7. The van der Waals surface area contributed by atoms with Gasteiger partial charge in [-0.15, -0.1) is 0 Å². The number of rotatable bonds is 2. The quantitative estimate of drug-likeness (QED) is 0.857. The molecule has 1 saturated heterocycles. The van der Waals surface area contributed by atoms with E-state index in [1.165, 1.54) is 0 Å². The van der Waals surface area contributed by atoms with Crippen LogP contribution in [0.5, 0.6) is 0 Å². The van der Waals surface area contributed by atoms with Crippen molar-refractivity contribution in [2.24, 2.45) is 5.92 Å². The Labute approximate surface area is 103 Å². The first kappa shape index (κ1) is 12.5. The van der Waals surface area contributed by atoms with E-state index in [0.717, 1.165) is 12.1 Å². The Morgan fingerprint density at radius 2 is 2.06 bits per heavy atom. The van der Waals surface area contributed by atoms with Gasteiger partial charge >= 0.3 is 0 Å². The maximum absolute atomic E-state index is 10.4. The van der Waals surface area contributed by atoms with Crippen LogP contribution in [0, 0.1) is 5.92 Å². The Morgan fingerprint density at radius 3 is 2.53 bits per heavy atom. The van der Waals surface area contributed by atoms with E-state index in [1.54, 1.807) is 6.20 Å². The molecule has 0 aromatic carbocycles. The van der Waals surface area contributed by atoms with Gasteiger partial charge in [0.05, 0.1) is 16.9 Å². The summed E-state index contributed by atoms with van der Waals surface area (Å²) >= 11 is 0. The molecule has 1 aromatic rings. The molecule has 2 heterocycles. The highest BCUT2D eigenvalue weighted by atomic mass is 16.5. The van der Waals surface area contributed by atoms with Crippen molar-refractivity contribution >= 4 is 0 Å². The lowest BCUT2D eigenvalue weighted by atomic mass is 9.82. The highest BCUT2D eigenvalue weighted by Crippen LogP contribution is 2.47. The van der Waals surface area contributed by atoms with Gasteiger partial charge in [0.2, 0.25) is 0 Å². The van der Waals surface area contributed by atoms with Gasteiger partial charge in [0.25, 0.3) is 0 Å². The predicted molar refractivity (Wildman–Crippen MR) is 66.5 cm³/mol. The normalized spacial score (nSPS) is 27.9. The first-order valence-electron chi connectivity index (χ1n) is 6.11. The second kappa shape index (κ2) is 4.07. The largest absolute Gasteiger partial charge is 0.386 e. The van der Waals surface area contributed by atoms with Gasteiger partial charge in [-0.1, -0.05) is 6.07 Å². The van der Waals surface area contributed by atoms with Gasteiger partial charge in [-0.05, 0) is 46.2 Å². The number of aromatic nitrogens is 1. The van der Waals surface area contributed by atoms with E-state index in [4.69, 9.17) is 4.74 Å². The van der Waals surface area contributed by atoms with Crippen molar-refractivity contribution in [1.82, 2.24) is 4.98 Å². The average molecular weight is 235 g/mol. The Bertz CT molecular complexity index is 386. The van der Waals surface area contributed by atoms with Crippen LogP contribution in [0.15, 0.2) is 24.4 Å². The van der Waals surface area contributed by atoms with Crippen LogP contribution >= 0.6 is 0 Å². The molecule has 2 rings (SSSR count). The highest BCUT2D eigenvalue weighted by molar-refractivity contribution is 5.11. The van der Waals surface area contributed by atoms with E-state index in [1.807, 2.05) is 32.0 Å². The first-order valence-corrected chi connectivity index (χ1v) is 6.11. The van der Waals surface area contributed by atoms with Crippen LogP contribution in [0.2, 0.25) is 0 Å². The molecular weight excluding hydrogens is 214 g/mol. The fourth-order valence-corrected chi connectivity index (χ4v) is 2.85. The minimum absolute atomic E-state index is 0.0763. The van der Waals surface area contributed by atoms with E-state index in [2.05, 4.69) is 18.8 Å². The van der Waals surface area contributed by atoms with Crippen LogP contribution in [0.3, 0.4) is 0 Å². The summed E-state index contributed by atoms with van der Waals surface area (Å²) in [6, 6.07) is 5.63. The number of ether oxygens (including phenoxy) is 1. The van der Waals surface area contributed by atoms with Crippen molar-refractivity contribution in [2.45, 2.75) is 51.4 Å². The summed E-state index contributed by atoms with van der Waals surface area (Å²) in [4.78, 5) is 4.23. The fourth-order valence-electron chi connectivity index (χ4n) is 2.85. The van der Waals surface area contributed by atoms with E-state index in [-0.39, 0.29) is 17.1 Å². The van der Waals surface area contributed by atoms with Gasteiger partial charge in [-0.2, -0.15) is 0 Å². The van der Waals surface area contributed by atoms with E-state index >= 15 is 0 Å². The first-order chi connectivity index (χ1) is 7.82. The van der Waals surface area contributed by atoms with Crippen molar-refractivity contribution in [1.29, 1.82) is 0 Å². The molecule has 1 aliphatic rings. The van der Waals surface area contributed by atoms with Gasteiger partial charge in [0, 0.05) is 12.1 Å². The molecule has 0 bridgehead atoms. The average Bonchev–Trinajstić information content (AvgIpc) is 2.47. The third-order valence-corrected chi connectivity index (χ3v) is 3.52. The molecule has 0 spiro atoms. The molecule has 0 radical (unpaired) electrons. The monoisotopic (exact) mass is 235 g/mol. The summed E-state index contributed by atoms with van der Waals surface area (Å²) in [7, 11) is 0. The van der Waals surface area contributed by atoms with Crippen LogP contribution in [-0.2, 0) is 4.74 Å². The maximum Gasteiger partial charge on any atom is 0.102 e. The smallest absolute Gasteiger partial charge is 0.102 e. The van der Waals surface area contributed by atoms with Crippen LogP contribution in [-0.4, -0.2) is 21.3 Å². The Hall–Kier alpha value is -0.930. The second-order valence-electron chi connectivity index (χ2n) is 5.98. The summed E-state index contributed by atoms with van der Waals surface area (Å²) in [5.41, 5.74) is 0.233. The number of nitrogens with zero attached hydrogens (tertiary/aromatic N) is 1. The lowest BCUT2D eigenvalue weighted by Gasteiger charge is -2.30. The number of aliphatic hydroxyl groups is 1. The van der Waals surface area contributed by atoms with Crippen molar-refractivity contribution in [3.63, 3.8) is 0 Å². The molecule has 94 valence electrons. The molecule has 0 amide bonds. The Balaban J connectivity index is 2.23. The lowest BCUT2D eigenvalue weighted by molar-refractivity contribution is -0.0884. The van der Waals surface area contributed by atoms with Crippen LogP contribution in [0.25, 0.3) is 0 Å². The molecule has 17 heavy (non-hydrogen) atoms. The molecule has 3 nitrogen and oxygen atoms in total. The van der Waals surface area contributed by atoms with Crippen LogP contribution < -0.4 is 0 Å².